The van der Waals surface area contributed by atoms with E-state index in [1.807, 2.05) is 93.6 Å². The molecule has 4 unspecified atom stereocenters. The van der Waals surface area contributed by atoms with Gasteiger partial charge in [-0.3, -0.25) is 9.59 Å². The number of alkyl carbamates (subject to hydrolysis) is 1. The average Bonchev–Trinajstić information content (AvgIpc) is 3.63. The van der Waals surface area contributed by atoms with E-state index in [0.717, 1.165) is 34.2 Å². The van der Waals surface area contributed by atoms with E-state index in [1.54, 1.807) is 25.7 Å². The second kappa shape index (κ2) is 12.8. The van der Waals surface area contributed by atoms with Crippen LogP contribution in [0.3, 0.4) is 0 Å². The molecule has 3 aromatic rings. The highest BCUT2D eigenvalue weighted by Gasteiger charge is 2.48. The lowest BCUT2D eigenvalue weighted by atomic mass is 9.95. The topological polar surface area (TPSA) is 87.7 Å². The molecule has 0 saturated heterocycles. The van der Waals surface area contributed by atoms with Gasteiger partial charge in [-0.15, -0.1) is 0 Å². The Labute approximate surface area is 249 Å². The highest BCUT2D eigenvalue weighted by molar-refractivity contribution is 6.00. The van der Waals surface area contributed by atoms with Crippen LogP contribution < -0.4 is 10.6 Å². The maximum atomic E-state index is 14.7. The summed E-state index contributed by atoms with van der Waals surface area (Å²) in [6.07, 6.45) is 0.359. The molecule has 0 spiro atoms. The summed E-state index contributed by atoms with van der Waals surface area (Å²) in [5, 5.41) is 5.94. The predicted octanol–water partition coefficient (Wildman–Crippen LogP) is 6.66. The lowest BCUT2D eigenvalue weighted by molar-refractivity contribution is -0.141. The van der Waals surface area contributed by atoms with Crippen molar-refractivity contribution in [1.29, 1.82) is 0 Å². The molecule has 0 aromatic heterocycles. The molecular formula is C35H43N3O4. The van der Waals surface area contributed by atoms with Crippen molar-refractivity contribution in [3.63, 3.8) is 0 Å². The van der Waals surface area contributed by atoms with Gasteiger partial charge in [0.2, 0.25) is 5.91 Å². The Morgan fingerprint density at radius 2 is 1.57 bits per heavy atom. The highest BCUT2D eigenvalue weighted by Crippen LogP contribution is 2.42. The van der Waals surface area contributed by atoms with Crippen molar-refractivity contribution in [2.75, 3.05) is 5.32 Å². The summed E-state index contributed by atoms with van der Waals surface area (Å²) in [7, 11) is 0. The highest BCUT2D eigenvalue weighted by atomic mass is 16.6. The molecule has 3 aromatic carbocycles. The van der Waals surface area contributed by atoms with Crippen LogP contribution in [0, 0.1) is 26.7 Å². The number of para-hydroxylation sites is 1. The van der Waals surface area contributed by atoms with Gasteiger partial charge in [-0.05, 0) is 82.2 Å². The standard InChI is InChI=1S/C35H43N3O4/c1-22-17-18-27(24(3)19-22)31(32(39)36-28-16-12-11-13-23(28)2)38(30-20-25(30)4)33(40)29(21-26-14-9-8-10-15-26)37-34(41)42-35(5,6)7/h8-19,25,29-31H,20-21H2,1-7H3,(H,36,39)(H,37,41). The van der Waals surface area contributed by atoms with E-state index < -0.39 is 23.8 Å². The molecule has 7 heteroatoms. The largest absolute Gasteiger partial charge is 0.444 e. The smallest absolute Gasteiger partial charge is 0.408 e. The molecule has 0 aliphatic heterocycles. The number of carbonyl (C=O) groups is 3. The monoisotopic (exact) mass is 569 g/mol. The summed E-state index contributed by atoms with van der Waals surface area (Å²) >= 11 is 0. The number of carbonyl (C=O) groups excluding carboxylic acids is 3. The summed E-state index contributed by atoms with van der Waals surface area (Å²) in [5.41, 5.74) is 4.53. The first-order valence-corrected chi connectivity index (χ1v) is 14.6. The summed E-state index contributed by atoms with van der Waals surface area (Å²) in [6, 6.07) is 21.1. The molecule has 0 bridgehead atoms. The van der Waals surface area contributed by atoms with E-state index in [2.05, 4.69) is 17.6 Å². The first-order chi connectivity index (χ1) is 19.8. The normalized spacial score (nSPS) is 17.5. The zero-order valence-electron chi connectivity index (χ0n) is 25.7. The van der Waals surface area contributed by atoms with Crippen molar-refractivity contribution in [3.8, 4) is 0 Å². The van der Waals surface area contributed by atoms with Gasteiger partial charge >= 0.3 is 6.09 Å². The molecule has 1 aliphatic carbocycles. The summed E-state index contributed by atoms with van der Waals surface area (Å²) < 4.78 is 5.55. The predicted molar refractivity (Wildman–Crippen MR) is 166 cm³/mol. The van der Waals surface area contributed by atoms with E-state index in [4.69, 9.17) is 4.74 Å². The quantitative estimate of drug-likeness (QED) is 0.302. The van der Waals surface area contributed by atoms with E-state index in [-0.39, 0.29) is 30.2 Å². The third kappa shape index (κ3) is 7.78. The summed E-state index contributed by atoms with van der Waals surface area (Å²) in [6.45, 7) is 13.3. The van der Waals surface area contributed by atoms with Gasteiger partial charge in [-0.25, -0.2) is 4.79 Å². The van der Waals surface area contributed by atoms with Gasteiger partial charge in [0, 0.05) is 18.2 Å². The fourth-order valence-electron chi connectivity index (χ4n) is 5.32. The van der Waals surface area contributed by atoms with Crippen molar-refractivity contribution >= 4 is 23.6 Å². The Kier molecular flexibility index (Phi) is 9.40. The van der Waals surface area contributed by atoms with Gasteiger partial charge < -0.3 is 20.3 Å². The minimum atomic E-state index is -0.936. The number of nitrogens with zero attached hydrogens (tertiary/aromatic N) is 1. The fraction of sp³-hybridized carbons (Fsp3) is 0.400. The minimum Gasteiger partial charge on any atom is -0.444 e. The van der Waals surface area contributed by atoms with Crippen LogP contribution in [-0.2, 0) is 20.7 Å². The molecule has 3 amide bonds. The van der Waals surface area contributed by atoms with Crippen LogP contribution in [0.2, 0.25) is 0 Å². The Hall–Kier alpha value is -4.13. The first kappa shape index (κ1) is 30.8. The Morgan fingerprint density at radius 1 is 0.929 bits per heavy atom. The zero-order valence-corrected chi connectivity index (χ0v) is 25.7. The van der Waals surface area contributed by atoms with Crippen LogP contribution in [-0.4, -0.2) is 40.5 Å². The van der Waals surface area contributed by atoms with E-state index in [0.29, 0.717) is 5.69 Å². The Morgan fingerprint density at radius 3 is 2.17 bits per heavy atom. The van der Waals surface area contributed by atoms with Crippen LogP contribution >= 0.6 is 0 Å². The Bertz CT molecular complexity index is 1430. The molecule has 1 aliphatic rings. The molecule has 1 fully saturated rings. The molecule has 0 radical (unpaired) electrons. The third-order valence-corrected chi connectivity index (χ3v) is 7.60. The molecule has 7 nitrogen and oxygen atoms in total. The van der Waals surface area contributed by atoms with Crippen molar-refractivity contribution in [1.82, 2.24) is 10.2 Å². The summed E-state index contributed by atoms with van der Waals surface area (Å²) in [5.74, 6) is -0.393. The van der Waals surface area contributed by atoms with Gasteiger partial charge in [0.05, 0.1) is 0 Å². The Balaban J connectivity index is 1.78. The number of hydrogen-bond donors (Lipinski definition) is 2. The van der Waals surface area contributed by atoms with Crippen molar-refractivity contribution in [2.45, 2.75) is 85.0 Å². The first-order valence-electron chi connectivity index (χ1n) is 14.6. The average molecular weight is 570 g/mol. The molecule has 4 rings (SSSR count). The van der Waals surface area contributed by atoms with Crippen LogP contribution in [0.1, 0.15) is 68.0 Å². The van der Waals surface area contributed by atoms with E-state index in [9.17, 15) is 14.4 Å². The maximum Gasteiger partial charge on any atom is 0.408 e. The van der Waals surface area contributed by atoms with Gasteiger partial charge in [0.25, 0.3) is 5.91 Å². The number of amides is 3. The zero-order chi connectivity index (χ0) is 30.6. The van der Waals surface area contributed by atoms with Gasteiger partial charge in [0.1, 0.15) is 17.7 Å². The lowest BCUT2D eigenvalue weighted by Crippen LogP contribution is -2.54. The third-order valence-electron chi connectivity index (χ3n) is 7.60. The molecule has 42 heavy (non-hydrogen) atoms. The molecule has 1 saturated carbocycles. The summed E-state index contributed by atoms with van der Waals surface area (Å²) in [4.78, 5) is 43.6. The molecule has 4 atom stereocenters. The number of anilines is 1. The number of benzene rings is 3. The molecular weight excluding hydrogens is 526 g/mol. The van der Waals surface area contributed by atoms with Gasteiger partial charge in [-0.1, -0.05) is 79.2 Å². The second-order valence-corrected chi connectivity index (χ2v) is 12.5. The maximum absolute atomic E-state index is 14.7. The SMILES string of the molecule is Cc1ccc(C(C(=O)Nc2ccccc2C)N(C(=O)C(Cc2ccccc2)NC(=O)OC(C)(C)C)C2CC2C)c(C)c1. The van der Waals surface area contributed by atoms with Crippen LogP contribution in [0.25, 0.3) is 0 Å². The van der Waals surface area contributed by atoms with Crippen LogP contribution in [0.4, 0.5) is 10.5 Å². The molecule has 222 valence electrons. The number of aryl methyl sites for hydroxylation is 3. The number of hydrogen-bond acceptors (Lipinski definition) is 4. The number of nitrogens with one attached hydrogen (secondary N) is 2. The second-order valence-electron chi connectivity index (χ2n) is 12.5. The lowest BCUT2D eigenvalue weighted by Gasteiger charge is -2.36. The van der Waals surface area contributed by atoms with E-state index in [1.165, 1.54) is 0 Å². The van der Waals surface area contributed by atoms with Gasteiger partial charge in [-0.2, -0.15) is 0 Å². The van der Waals surface area contributed by atoms with Crippen molar-refractivity contribution in [3.05, 3.63) is 101 Å². The molecule has 0 heterocycles. The minimum absolute atomic E-state index is 0.149. The van der Waals surface area contributed by atoms with Crippen LogP contribution in [0.5, 0.6) is 0 Å². The molecule has 2 N–H and O–H groups in total. The van der Waals surface area contributed by atoms with Crippen molar-refractivity contribution < 1.29 is 19.1 Å². The number of ether oxygens (including phenoxy) is 1. The van der Waals surface area contributed by atoms with Crippen LogP contribution in [0.15, 0.2) is 72.8 Å². The van der Waals surface area contributed by atoms with Gasteiger partial charge in [0.15, 0.2) is 0 Å². The van der Waals surface area contributed by atoms with E-state index >= 15 is 0 Å². The van der Waals surface area contributed by atoms with Crippen molar-refractivity contribution in [2.24, 2.45) is 5.92 Å². The fourth-order valence-corrected chi connectivity index (χ4v) is 5.32. The number of rotatable bonds is 9.